The van der Waals surface area contributed by atoms with Gasteiger partial charge in [-0.3, -0.25) is 4.79 Å². The van der Waals surface area contributed by atoms with Gasteiger partial charge in [-0.25, -0.2) is 4.39 Å². The molecule has 2 rings (SSSR count). The van der Waals surface area contributed by atoms with Crippen LogP contribution in [0.25, 0.3) is 0 Å². The molecule has 1 aromatic carbocycles. The summed E-state index contributed by atoms with van der Waals surface area (Å²) in [6.07, 6.45) is 6.11. The molecule has 0 spiro atoms. The molecule has 0 atom stereocenters. The van der Waals surface area contributed by atoms with Gasteiger partial charge in [0, 0.05) is 11.4 Å². The second-order valence-electron chi connectivity index (χ2n) is 4.31. The van der Waals surface area contributed by atoms with Gasteiger partial charge in [0.2, 0.25) is 0 Å². The summed E-state index contributed by atoms with van der Waals surface area (Å²) in [5.41, 5.74) is 1.27. The summed E-state index contributed by atoms with van der Waals surface area (Å²) in [6, 6.07) is 4.45. The van der Waals surface area contributed by atoms with Crippen LogP contribution < -0.4 is 0 Å². The second kappa shape index (κ2) is 5.46. The number of Topliss-reactive ketones (excluding diaryl/α,β-unsaturated/α-hetero) is 1. The van der Waals surface area contributed by atoms with E-state index in [1.807, 2.05) is 6.08 Å². The number of halogens is 2. The summed E-state index contributed by atoms with van der Waals surface area (Å²) in [4.78, 5) is 11.9. The van der Waals surface area contributed by atoms with Crippen molar-refractivity contribution in [3.8, 4) is 0 Å². The summed E-state index contributed by atoms with van der Waals surface area (Å²) in [5, 5.41) is 0.357. The van der Waals surface area contributed by atoms with Crippen molar-refractivity contribution in [1.29, 1.82) is 0 Å². The summed E-state index contributed by atoms with van der Waals surface area (Å²) in [6.45, 7) is 0. The number of hydrogen-bond donors (Lipinski definition) is 0. The highest BCUT2D eigenvalue weighted by Gasteiger charge is 2.14. The average molecular weight is 253 g/mol. The van der Waals surface area contributed by atoms with E-state index in [1.54, 1.807) is 12.1 Å². The maximum atomic E-state index is 13.5. The normalized spacial score (nSPS) is 15.5. The maximum Gasteiger partial charge on any atom is 0.163 e. The number of ketones is 1. The van der Waals surface area contributed by atoms with Crippen molar-refractivity contribution in [2.24, 2.45) is 0 Å². The number of hydrogen-bond acceptors (Lipinski definition) is 1. The first kappa shape index (κ1) is 12.3. The SMILES string of the molecule is O=C(Cc1ccc(Cl)cc1F)C1=CCCCC1. The number of allylic oxidation sites excluding steroid dienone is 2. The zero-order valence-electron chi connectivity index (χ0n) is 9.51. The van der Waals surface area contributed by atoms with Crippen molar-refractivity contribution in [1.82, 2.24) is 0 Å². The van der Waals surface area contributed by atoms with Gasteiger partial charge in [0.25, 0.3) is 0 Å². The van der Waals surface area contributed by atoms with Crippen LogP contribution in [0, 0.1) is 5.82 Å². The first-order valence-electron chi connectivity index (χ1n) is 5.83. The summed E-state index contributed by atoms with van der Waals surface area (Å²) in [7, 11) is 0. The van der Waals surface area contributed by atoms with E-state index in [9.17, 15) is 9.18 Å². The van der Waals surface area contributed by atoms with Crippen LogP contribution in [0.5, 0.6) is 0 Å². The third kappa shape index (κ3) is 3.16. The lowest BCUT2D eigenvalue weighted by molar-refractivity contribution is -0.115. The fraction of sp³-hybridized carbons (Fsp3) is 0.357. The second-order valence-corrected chi connectivity index (χ2v) is 4.75. The van der Waals surface area contributed by atoms with E-state index in [1.165, 1.54) is 6.07 Å². The largest absolute Gasteiger partial charge is 0.294 e. The zero-order valence-corrected chi connectivity index (χ0v) is 10.3. The molecule has 90 valence electrons. The molecule has 0 saturated carbocycles. The molecular formula is C14H14ClFO. The molecule has 1 aliphatic carbocycles. The molecule has 0 radical (unpaired) electrons. The molecule has 0 bridgehead atoms. The number of carbonyl (C=O) groups is 1. The highest BCUT2D eigenvalue weighted by molar-refractivity contribution is 6.30. The topological polar surface area (TPSA) is 17.1 Å². The Balaban J connectivity index is 2.10. The van der Waals surface area contributed by atoms with Gasteiger partial charge >= 0.3 is 0 Å². The van der Waals surface area contributed by atoms with Crippen LogP contribution in [0.3, 0.4) is 0 Å². The Morgan fingerprint density at radius 2 is 2.18 bits per heavy atom. The van der Waals surface area contributed by atoms with E-state index in [0.717, 1.165) is 31.3 Å². The third-order valence-electron chi connectivity index (χ3n) is 3.02. The monoisotopic (exact) mass is 252 g/mol. The lowest BCUT2D eigenvalue weighted by atomic mass is 9.93. The molecule has 0 amide bonds. The first-order chi connectivity index (χ1) is 8.16. The Kier molecular flexibility index (Phi) is 3.95. The van der Waals surface area contributed by atoms with Crippen LogP contribution >= 0.6 is 11.6 Å². The van der Waals surface area contributed by atoms with E-state index in [4.69, 9.17) is 11.6 Å². The van der Waals surface area contributed by atoms with Gasteiger partial charge in [-0.2, -0.15) is 0 Å². The molecule has 0 N–H and O–H groups in total. The van der Waals surface area contributed by atoms with Gasteiger partial charge < -0.3 is 0 Å². The molecule has 0 unspecified atom stereocenters. The molecule has 1 aliphatic rings. The molecule has 17 heavy (non-hydrogen) atoms. The Labute approximate surface area is 105 Å². The van der Waals surface area contributed by atoms with Crippen LogP contribution in [0.15, 0.2) is 29.8 Å². The Bertz CT molecular complexity index is 465. The van der Waals surface area contributed by atoms with Crippen molar-refractivity contribution >= 4 is 17.4 Å². The summed E-state index contributed by atoms with van der Waals surface area (Å²) >= 11 is 5.67. The van der Waals surface area contributed by atoms with E-state index in [-0.39, 0.29) is 12.2 Å². The predicted octanol–water partition coefficient (Wildman–Crippen LogP) is 4.09. The summed E-state index contributed by atoms with van der Waals surface area (Å²) in [5.74, 6) is -0.367. The molecule has 3 heteroatoms. The van der Waals surface area contributed by atoms with Crippen LogP contribution in [0.4, 0.5) is 4.39 Å². The van der Waals surface area contributed by atoms with Crippen LogP contribution in [0.2, 0.25) is 5.02 Å². The first-order valence-corrected chi connectivity index (χ1v) is 6.21. The van der Waals surface area contributed by atoms with Crippen molar-refractivity contribution < 1.29 is 9.18 Å². The molecule has 0 heterocycles. The Morgan fingerprint density at radius 3 is 2.82 bits per heavy atom. The van der Waals surface area contributed by atoms with Gasteiger partial charge in [0.05, 0.1) is 0 Å². The van der Waals surface area contributed by atoms with Crippen LogP contribution in [-0.4, -0.2) is 5.78 Å². The number of rotatable bonds is 3. The maximum absolute atomic E-state index is 13.5. The van der Waals surface area contributed by atoms with Crippen LogP contribution in [-0.2, 0) is 11.2 Å². The Hall–Kier alpha value is -1.15. The number of benzene rings is 1. The van der Waals surface area contributed by atoms with Crippen molar-refractivity contribution in [2.45, 2.75) is 32.1 Å². The molecule has 0 aromatic heterocycles. The molecule has 0 aliphatic heterocycles. The quantitative estimate of drug-likeness (QED) is 0.792. The number of carbonyl (C=O) groups excluding carboxylic acids is 1. The molecule has 1 aromatic rings. The van der Waals surface area contributed by atoms with Gasteiger partial charge in [0.15, 0.2) is 5.78 Å². The Morgan fingerprint density at radius 1 is 1.35 bits per heavy atom. The molecule has 1 nitrogen and oxygen atoms in total. The van der Waals surface area contributed by atoms with Crippen LogP contribution in [0.1, 0.15) is 31.2 Å². The van der Waals surface area contributed by atoms with Gasteiger partial charge in [0.1, 0.15) is 5.82 Å². The highest BCUT2D eigenvalue weighted by Crippen LogP contribution is 2.21. The highest BCUT2D eigenvalue weighted by atomic mass is 35.5. The zero-order chi connectivity index (χ0) is 12.3. The van der Waals surface area contributed by atoms with E-state index < -0.39 is 5.82 Å². The van der Waals surface area contributed by atoms with Gasteiger partial charge in [-0.15, -0.1) is 0 Å². The van der Waals surface area contributed by atoms with E-state index in [0.29, 0.717) is 10.6 Å². The molecular weight excluding hydrogens is 239 g/mol. The smallest absolute Gasteiger partial charge is 0.163 e. The third-order valence-corrected chi connectivity index (χ3v) is 3.25. The fourth-order valence-electron chi connectivity index (χ4n) is 2.04. The van der Waals surface area contributed by atoms with E-state index in [2.05, 4.69) is 0 Å². The predicted molar refractivity (Wildman–Crippen MR) is 66.7 cm³/mol. The minimum atomic E-state index is -0.401. The molecule has 0 saturated heterocycles. The van der Waals surface area contributed by atoms with Crippen molar-refractivity contribution in [3.63, 3.8) is 0 Å². The van der Waals surface area contributed by atoms with Gasteiger partial charge in [-0.1, -0.05) is 23.7 Å². The lowest BCUT2D eigenvalue weighted by Crippen LogP contribution is -2.10. The minimum absolute atomic E-state index is 0.0333. The minimum Gasteiger partial charge on any atom is -0.294 e. The molecule has 0 fully saturated rings. The van der Waals surface area contributed by atoms with E-state index >= 15 is 0 Å². The van der Waals surface area contributed by atoms with Gasteiger partial charge in [-0.05, 0) is 49.0 Å². The van der Waals surface area contributed by atoms with Crippen molar-refractivity contribution in [3.05, 3.63) is 46.3 Å². The lowest BCUT2D eigenvalue weighted by Gasteiger charge is -2.11. The summed E-state index contributed by atoms with van der Waals surface area (Å²) < 4.78 is 13.5. The average Bonchev–Trinajstić information content (AvgIpc) is 2.34. The standard InChI is InChI=1S/C14H14ClFO/c15-12-7-6-11(13(16)9-12)8-14(17)10-4-2-1-3-5-10/h4,6-7,9H,1-3,5,8H2. The fourth-order valence-corrected chi connectivity index (χ4v) is 2.20. The van der Waals surface area contributed by atoms with Crippen molar-refractivity contribution in [2.75, 3.05) is 0 Å².